The molecule has 4 nitrogen and oxygen atoms in total. The topological polar surface area (TPSA) is 80.4 Å². The van der Waals surface area contributed by atoms with Gasteiger partial charge in [0, 0.05) is 0 Å². The Hall–Kier alpha value is 0.735. The number of hydrogen-bond donors (Lipinski definition) is 2. The van der Waals surface area contributed by atoms with Crippen molar-refractivity contribution in [3.63, 3.8) is 0 Å². The molecule has 1 aromatic carbocycles. The minimum absolute atomic E-state index is 0. The van der Waals surface area contributed by atoms with Gasteiger partial charge in [0.2, 0.25) is 0 Å². The van der Waals surface area contributed by atoms with Gasteiger partial charge < -0.3 is 7.16 Å². The van der Waals surface area contributed by atoms with Gasteiger partial charge in [-0.1, -0.05) is 19.9 Å². The zero-order valence-electron chi connectivity index (χ0n) is 11.0. The molecular weight excluding hydrogens is 300 g/mol. The second-order valence-corrected chi connectivity index (χ2v) is 5.21. The van der Waals surface area contributed by atoms with Crippen molar-refractivity contribution in [1.29, 1.82) is 0 Å². The molecule has 86 valence electrons. The molecule has 0 aliphatic rings. The SMILES string of the molecule is Cc1c(C(C)C)ccc(S(=O)(=O)O)c1N.[H-].[Rb+]. The van der Waals surface area contributed by atoms with Crippen LogP contribution < -0.4 is 63.9 Å². The summed E-state index contributed by atoms with van der Waals surface area (Å²) in [5.74, 6) is 0.266. The molecule has 0 saturated carbocycles. The zero-order valence-corrected chi connectivity index (χ0v) is 15.7. The van der Waals surface area contributed by atoms with Crippen molar-refractivity contribution < 1.29 is 72.6 Å². The van der Waals surface area contributed by atoms with E-state index in [0.29, 0.717) is 5.56 Å². The molecule has 0 unspecified atom stereocenters. The van der Waals surface area contributed by atoms with Gasteiger partial charge in [-0.15, -0.1) is 0 Å². The van der Waals surface area contributed by atoms with Crippen LogP contribution in [0.2, 0.25) is 0 Å². The van der Waals surface area contributed by atoms with E-state index in [1.807, 2.05) is 13.8 Å². The molecule has 16 heavy (non-hydrogen) atoms. The van der Waals surface area contributed by atoms with Gasteiger partial charge in [-0.05, 0) is 30.0 Å². The molecule has 0 aromatic heterocycles. The molecule has 1 aromatic rings. The molecule has 3 N–H and O–H groups in total. The second kappa shape index (κ2) is 6.06. The van der Waals surface area contributed by atoms with Gasteiger partial charge in [0.15, 0.2) is 0 Å². The number of nitrogen functional groups attached to an aromatic ring is 1. The van der Waals surface area contributed by atoms with E-state index < -0.39 is 10.1 Å². The molecule has 0 aliphatic carbocycles. The Bertz CT molecular complexity index is 489. The number of rotatable bonds is 2. The summed E-state index contributed by atoms with van der Waals surface area (Å²) in [4.78, 5) is -0.218. The van der Waals surface area contributed by atoms with Gasteiger partial charge in [-0.3, -0.25) is 4.55 Å². The van der Waals surface area contributed by atoms with E-state index in [4.69, 9.17) is 10.3 Å². The largest absolute Gasteiger partial charge is 1.00 e. The summed E-state index contributed by atoms with van der Waals surface area (Å²) < 4.78 is 30.8. The first kappa shape index (κ1) is 16.7. The Morgan fingerprint density at radius 1 is 1.38 bits per heavy atom. The summed E-state index contributed by atoms with van der Waals surface area (Å²) in [5, 5.41) is 0. The molecule has 0 fully saturated rings. The minimum Gasteiger partial charge on any atom is -1.00 e. The van der Waals surface area contributed by atoms with Gasteiger partial charge in [0.05, 0.1) is 5.69 Å². The first-order valence-corrected chi connectivity index (χ1v) is 6.05. The summed E-state index contributed by atoms with van der Waals surface area (Å²) in [5.41, 5.74) is 7.49. The summed E-state index contributed by atoms with van der Waals surface area (Å²) in [6, 6.07) is 3.02. The Balaban J connectivity index is 0. The van der Waals surface area contributed by atoms with Crippen molar-refractivity contribution >= 4 is 15.8 Å². The average Bonchev–Trinajstić information content (AvgIpc) is 2.06. The van der Waals surface area contributed by atoms with Crippen molar-refractivity contribution in [2.75, 3.05) is 5.73 Å². The summed E-state index contributed by atoms with van der Waals surface area (Å²) in [6.45, 7) is 5.74. The maximum absolute atomic E-state index is 11.0. The van der Waals surface area contributed by atoms with Crippen LogP contribution >= 0.6 is 0 Å². The van der Waals surface area contributed by atoms with Crippen molar-refractivity contribution in [2.24, 2.45) is 0 Å². The minimum atomic E-state index is -4.22. The van der Waals surface area contributed by atoms with Gasteiger partial charge in [-0.25, -0.2) is 0 Å². The van der Waals surface area contributed by atoms with Crippen LogP contribution in [0.25, 0.3) is 0 Å². The quantitative estimate of drug-likeness (QED) is 0.545. The van der Waals surface area contributed by atoms with Gasteiger partial charge in [0.1, 0.15) is 4.90 Å². The van der Waals surface area contributed by atoms with Gasteiger partial charge >= 0.3 is 58.2 Å². The number of nitrogens with two attached hydrogens (primary N) is 1. The summed E-state index contributed by atoms with van der Waals surface area (Å²) >= 11 is 0. The molecule has 0 saturated heterocycles. The van der Waals surface area contributed by atoms with Crippen LogP contribution in [0.5, 0.6) is 0 Å². The van der Waals surface area contributed by atoms with Crippen molar-refractivity contribution in [2.45, 2.75) is 31.6 Å². The number of anilines is 1. The maximum Gasteiger partial charge on any atom is 1.00 e. The van der Waals surface area contributed by atoms with Crippen molar-refractivity contribution in [1.82, 2.24) is 0 Å². The Morgan fingerprint density at radius 3 is 2.25 bits per heavy atom. The molecule has 0 heterocycles. The van der Waals surface area contributed by atoms with Crippen LogP contribution in [0.1, 0.15) is 32.3 Å². The van der Waals surface area contributed by atoms with E-state index in [1.165, 1.54) is 6.07 Å². The second-order valence-electron chi connectivity index (χ2n) is 3.82. The molecule has 1 rings (SSSR count). The molecule has 0 atom stereocenters. The van der Waals surface area contributed by atoms with Gasteiger partial charge in [0.25, 0.3) is 10.1 Å². The first-order chi connectivity index (χ1) is 6.75. The molecule has 0 radical (unpaired) electrons. The van der Waals surface area contributed by atoms with Crippen molar-refractivity contribution in [3.05, 3.63) is 23.3 Å². The van der Waals surface area contributed by atoms with Crippen LogP contribution in [0, 0.1) is 6.92 Å². The van der Waals surface area contributed by atoms with Crippen LogP contribution in [0.15, 0.2) is 17.0 Å². The van der Waals surface area contributed by atoms with E-state index in [9.17, 15) is 8.42 Å². The van der Waals surface area contributed by atoms with Gasteiger partial charge in [-0.2, -0.15) is 8.42 Å². The van der Waals surface area contributed by atoms with Crippen LogP contribution in [-0.4, -0.2) is 13.0 Å². The van der Waals surface area contributed by atoms with Crippen LogP contribution in [-0.2, 0) is 10.1 Å². The smallest absolute Gasteiger partial charge is 1.00 e. The van der Waals surface area contributed by atoms with E-state index in [1.54, 1.807) is 13.0 Å². The normalized spacial score (nSPS) is 11.3. The van der Waals surface area contributed by atoms with E-state index in [-0.39, 0.29) is 76.1 Å². The number of hydrogen-bond acceptors (Lipinski definition) is 3. The first-order valence-electron chi connectivity index (χ1n) is 4.61. The molecule has 6 heteroatoms. The van der Waals surface area contributed by atoms with Crippen molar-refractivity contribution in [3.8, 4) is 0 Å². The van der Waals surface area contributed by atoms with E-state index in [0.717, 1.165) is 5.56 Å². The summed E-state index contributed by atoms with van der Waals surface area (Å²) in [6.07, 6.45) is 0. The maximum atomic E-state index is 11.0. The molecule has 0 spiro atoms. The Kier molecular flexibility index (Phi) is 6.34. The molecular formula is C10H16NO3RbS. The van der Waals surface area contributed by atoms with E-state index >= 15 is 0 Å². The van der Waals surface area contributed by atoms with Crippen LogP contribution in [0.3, 0.4) is 0 Å². The molecule has 0 bridgehead atoms. The monoisotopic (exact) mass is 315 g/mol. The van der Waals surface area contributed by atoms with E-state index in [2.05, 4.69) is 0 Å². The fourth-order valence-corrected chi connectivity index (χ4v) is 2.24. The standard InChI is InChI=1S/C10H15NO3S.Rb.H/c1-6(2)8-4-5-9(15(12,13)14)10(11)7(8)3;;/h4-6H,11H2,1-3H3,(H,12,13,14);;/q;+1;-1. The fourth-order valence-electron chi connectivity index (χ4n) is 1.57. The Morgan fingerprint density at radius 2 is 1.88 bits per heavy atom. The fraction of sp³-hybridized carbons (Fsp3) is 0.400. The average molecular weight is 316 g/mol. The van der Waals surface area contributed by atoms with Crippen LogP contribution in [0.4, 0.5) is 5.69 Å². The Labute approximate surface area is 147 Å². The summed E-state index contributed by atoms with van der Waals surface area (Å²) in [7, 11) is -4.22. The third kappa shape index (κ3) is 3.61. The molecule has 0 aliphatic heterocycles. The molecule has 0 amide bonds. The zero-order chi connectivity index (χ0) is 11.8. The third-order valence-corrected chi connectivity index (χ3v) is 3.33. The predicted octanol–water partition coefficient (Wildman–Crippen LogP) is -0.936. The third-order valence-electron chi connectivity index (χ3n) is 2.42. The number of benzene rings is 1. The predicted molar refractivity (Wildman–Crippen MR) is 60.6 cm³/mol.